The average molecular weight is 262 g/mol. The summed E-state index contributed by atoms with van der Waals surface area (Å²) in [7, 11) is 0. The normalized spacial score (nSPS) is 24.1. The molecule has 0 spiro atoms. The van der Waals surface area contributed by atoms with Gasteiger partial charge in [-0.2, -0.15) is 0 Å². The van der Waals surface area contributed by atoms with Crippen LogP contribution in [0.3, 0.4) is 0 Å². The first kappa shape index (κ1) is 13.9. The zero-order chi connectivity index (χ0) is 14.3. The lowest BCUT2D eigenvalue weighted by molar-refractivity contribution is -0.0846. The van der Waals surface area contributed by atoms with Crippen LogP contribution in [0.25, 0.3) is 0 Å². The van der Waals surface area contributed by atoms with E-state index in [1.54, 1.807) is 12.1 Å². The molecule has 1 aromatic rings. The van der Waals surface area contributed by atoms with Crippen LogP contribution in [0.2, 0.25) is 0 Å². The van der Waals surface area contributed by atoms with E-state index in [1.807, 2.05) is 26.0 Å². The Labute approximate surface area is 114 Å². The van der Waals surface area contributed by atoms with Crippen LogP contribution in [0.4, 0.5) is 0 Å². The first-order valence-corrected chi connectivity index (χ1v) is 6.51. The Morgan fingerprint density at radius 1 is 1.37 bits per heavy atom. The molecule has 0 radical (unpaired) electrons. The van der Waals surface area contributed by atoms with Gasteiger partial charge in [0.2, 0.25) is 0 Å². The molecule has 4 heteroatoms. The number of nitrogens with two attached hydrogens (primary N) is 1. The molecule has 1 saturated heterocycles. The van der Waals surface area contributed by atoms with Crippen molar-refractivity contribution in [2.24, 2.45) is 5.73 Å². The van der Waals surface area contributed by atoms with Gasteiger partial charge in [0.05, 0.1) is 5.60 Å². The van der Waals surface area contributed by atoms with Crippen LogP contribution in [0.5, 0.6) is 5.75 Å². The highest BCUT2D eigenvalue weighted by Crippen LogP contribution is 2.39. The van der Waals surface area contributed by atoms with Crippen molar-refractivity contribution in [3.63, 3.8) is 0 Å². The second kappa shape index (κ2) is 4.53. The number of amidine groups is 1. The lowest BCUT2D eigenvalue weighted by atomic mass is 9.97. The highest BCUT2D eigenvalue weighted by Gasteiger charge is 2.47. The summed E-state index contributed by atoms with van der Waals surface area (Å²) < 4.78 is 12.0. The molecular weight excluding hydrogens is 240 g/mol. The third-order valence-corrected chi connectivity index (χ3v) is 3.42. The Morgan fingerprint density at radius 2 is 2.05 bits per heavy atom. The first-order chi connectivity index (χ1) is 8.70. The molecule has 0 saturated carbocycles. The van der Waals surface area contributed by atoms with Crippen molar-refractivity contribution in [2.75, 3.05) is 0 Å². The van der Waals surface area contributed by atoms with Crippen molar-refractivity contribution in [1.82, 2.24) is 0 Å². The topological polar surface area (TPSA) is 68.3 Å². The zero-order valence-corrected chi connectivity index (χ0v) is 12.0. The Hall–Kier alpha value is -1.55. The molecule has 104 valence electrons. The molecule has 0 aliphatic carbocycles. The van der Waals surface area contributed by atoms with Gasteiger partial charge in [0, 0.05) is 12.0 Å². The largest absolute Gasteiger partial charge is 0.487 e. The van der Waals surface area contributed by atoms with Crippen LogP contribution < -0.4 is 10.5 Å². The van der Waals surface area contributed by atoms with Crippen LogP contribution in [-0.4, -0.2) is 23.1 Å². The third-order valence-electron chi connectivity index (χ3n) is 3.42. The summed E-state index contributed by atoms with van der Waals surface area (Å²) in [6.07, 6.45) is 0.828. The van der Waals surface area contributed by atoms with Gasteiger partial charge in [0.1, 0.15) is 23.3 Å². The number of ether oxygens (including phenoxy) is 2. The second-order valence-electron chi connectivity index (χ2n) is 6.22. The Kier molecular flexibility index (Phi) is 3.31. The van der Waals surface area contributed by atoms with E-state index in [9.17, 15) is 0 Å². The Morgan fingerprint density at radius 3 is 2.58 bits per heavy atom. The van der Waals surface area contributed by atoms with Crippen LogP contribution in [0.15, 0.2) is 24.3 Å². The van der Waals surface area contributed by atoms with Crippen LogP contribution >= 0.6 is 0 Å². The third kappa shape index (κ3) is 3.07. The van der Waals surface area contributed by atoms with Gasteiger partial charge in [-0.3, -0.25) is 5.41 Å². The first-order valence-electron chi connectivity index (χ1n) is 6.51. The minimum absolute atomic E-state index is 0.00953. The Balaban J connectivity index is 2.17. The molecule has 1 aliphatic rings. The summed E-state index contributed by atoms with van der Waals surface area (Å²) in [5, 5.41) is 7.46. The van der Waals surface area contributed by atoms with Gasteiger partial charge in [-0.15, -0.1) is 0 Å². The van der Waals surface area contributed by atoms with E-state index in [4.69, 9.17) is 20.6 Å². The van der Waals surface area contributed by atoms with E-state index in [0.29, 0.717) is 5.56 Å². The highest BCUT2D eigenvalue weighted by atomic mass is 16.6. The smallest absolute Gasteiger partial charge is 0.130 e. The van der Waals surface area contributed by atoms with E-state index >= 15 is 0 Å². The van der Waals surface area contributed by atoms with E-state index in [-0.39, 0.29) is 23.1 Å². The summed E-state index contributed by atoms with van der Waals surface area (Å²) in [5.41, 5.74) is 5.67. The van der Waals surface area contributed by atoms with E-state index in [0.717, 1.165) is 12.2 Å². The molecule has 0 aromatic heterocycles. The molecule has 1 aliphatic heterocycles. The average Bonchev–Trinajstić information content (AvgIpc) is 2.47. The predicted octanol–water partition coefficient (Wildman–Crippen LogP) is 2.70. The molecule has 1 aromatic carbocycles. The number of nitrogens with one attached hydrogen (secondary N) is 1. The number of nitrogen functional groups attached to an aromatic ring is 1. The highest BCUT2D eigenvalue weighted by molar-refractivity contribution is 5.95. The SMILES string of the molecule is CC1(C)CC(Oc2cccc(C(=N)N)c2)C(C)(C)O1. The summed E-state index contributed by atoms with van der Waals surface area (Å²) in [4.78, 5) is 0. The van der Waals surface area contributed by atoms with Gasteiger partial charge in [0.15, 0.2) is 0 Å². The summed E-state index contributed by atoms with van der Waals surface area (Å²) in [6, 6.07) is 7.33. The zero-order valence-electron chi connectivity index (χ0n) is 12.0. The van der Waals surface area contributed by atoms with Crippen molar-refractivity contribution in [3.05, 3.63) is 29.8 Å². The van der Waals surface area contributed by atoms with Crippen LogP contribution in [-0.2, 0) is 4.74 Å². The number of hydrogen-bond donors (Lipinski definition) is 2. The second-order valence-corrected chi connectivity index (χ2v) is 6.22. The van der Waals surface area contributed by atoms with E-state index in [2.05, 4.69) is 13.8 Å². The monoisotopic (exact) mass is 262 g/mol. The number of benzene rings is 1. The predicted molar refractivity (Wildman–Crippen MR) is 75.7 cm³/mol. The lowest BCUT2D eigenvalue weighted by Crippen LogP contribution is -2.36. The van der Waals surface area contributed by atoms with Crippen molar-refractivity contribution in [1.29, 1.82) is 5.41 Å². The maximum atomic E-state index is 7.46. The van der Waals surface area contributed by atoms with Gasteiger partial charge in [-0.1, -0.05) is 12.1 Å². The molecule has 3 N–H and O–H groups in total. The molecule has 4 nitrogen and oxygen atoms in total. The quantitative estimate of drug-likeness (QED) is 0.650. The molecule has 1 unspecified atom stereocenters. The van der Waals surface area contributed by atoms with Crippen molar-refractivity contribution in [3.8, 4) is 5.75 Å². The molecule has 2 rings (SSSR count). The van der Waals surface area contributed by atoms with Crippen LogP contribution in [0, 0.1) is 5.41 Å². The van der Waals surface area contributed by atoms with Gasteiger partial charge in [0.25, 0.3) is 0 Å². The van der Waals surface area contributed by atoms with Crippen molar-refractivity contribution in [2.45, 2.75) is 51.4 Å². The van der Waals surface area contributed by atoms with Crippen molar-refractivity contribution >= 4 is 5.84 Å². The molecule has 0 amide bonds. The fourth-order valence-electron chi connectivity index (χ4n) is 2.60. The van der Waals surface area contributed by atoms with Gasteiger partial charge >= 0.3 is 0 Å². The Bertz CT molecular complexity index is 495. The van der Waals surface area contributed by atoms with E-state index in [1.165, 1.54) is 0 Å². The molecule has 0 bridgehead atoms. The molecular formula is C15H22N2O2. The number of hydrogen-bond acceptors (Lipinski definition) is 3. The van der Waals surface area contributed by atoms with E-state index < -0.39 is 0 Å². The lowest BCUT2D eigenvalue weighted by Gasteiger charge is -2.27. The molecule has 1 heterocycles. The van der Waals surface area contributed by atoms with Gasteiger partial charge in [-0.05, 0) is 39.8 Å². The fourth-order valence-corrected chi connectivity index (χ4v) is 2.60. The minimum atomic E-state index is -0.324. The van der Waals surface area contributed by atoms with Gasteiger partial charge < -0.3 is 15.2 Å². The standard InChI is InChI=1S/C15H22N2O2/c1-14(2)9-12(15(3,4)19-14)18-11-7-5-6-10(8-11)13(16)17/h5-8,12H,9H2,1-4H3,(H3,16,17). The molecule has 1 fully saturated rings. The maximum absolute atomic E-state index is 7.46. The minimum Gasteiger partial charge on any atom is -0.487 e. The summed E-state index contributed by atoms with van der Waals surface area (Å²) in [6.45, 7) is 8.23. The fraction of sp³-hybridized carbons (Fsp3) is 0.533. The number of rotatable bonds is 3. The maximum Gasteiger partial charge on any atom is 0.130 e. The summed E-state index contributed by atoms with van der Waals surface area (Å²) in [5.74, 6) is 0.778. The van der Waals surface area contributed by atoms with Gasteiger partial charge in [-0.25, -0.2) is 0 Å². The molecule has 19 heavy (non-hydrogen) atoms. The van der Waals surface area contributed by atoms with Crippen molar-refractivity contribution < 1.29 is 9.47 Å². The van der Waals surface area contributed by atoms with Crippen LogP contribution in [0.1, 0.15) is 39.7 Å². The summed E-state index contributed by atoms with van der Waals surface area (Å²) >= 11 is 0. The molecule has 1 atom stereocenters.